The summed E-state index contributed by atoms with van der Waals surface area (Å²) < 4.78 is 8.14. The molecule has 0 saturated heterocycles. The van der Waals surface area contributed by atoms with Gasteiger partial charge in [0.15, 0.2) is 0 Å². The number of methoxy groups -OCH3 is 1. The zero-order valence-corrected chi connectivity index (χ0v) is 12.1. The number of hydrogen-bond acceptors (Lipinski definition) is 3. The highest BCUT2D eigenvalue weighted by atomic mass is 79.9. The van der Waals surface area contributed by atoms with Crippen LogP contribution in [0.15, 0.2) is 22.7 Å². The Morgan fingerprint density at radius 3 is 2.94 bits per heavy atom. The Morgan fingerprint density at radius 2 is 2.17 bits per heavy atom. The minimum atomic E-state index is 0.592. The summed E-state index contributed by atoms with van der Waals surface area (Å²) in [5, 5.41) is 0. The van der Waals surface area contributed by atoms with Gasteiger partial charge in [0.2, 0.25) is 5.95 Å². The summed E-state index contributed by atoms with van der Waals surface area (Å²) in [5.41, 5.74) is 8.00. The first-order chi connectivity index (χ1) is 8.72. The van der Waals surface area contributed by atoms with Gasteiger partial charge in [-0.1, -0.05) is 15.9 Å². The second-order valence-corrected chi connectivity index (χ2v) is 5.22. The van der Waals surface area contributed by atoms with Crippen LogP contribution in [0.2, 0.25) is 0 Å². The molecule has 0 saturated carbocycles. The smallest absolute Gasteiger partial charge is 0.201 e. The quantitative estimate of drug-likeness (QED) is 0.833. The van der Waals surface area contributed by atoms with Gasteiger partial charge in [0.1, 0.15) is 0 Å². The van der Waals surface area contributed by atoms with Crippen LogP contribution in [-0.4, -0.2) is 23.3 Å². The van der Waals surface area contributed by atoms with Crippen molar-refractivity contribution in [1.82, 2.24) is 9.55 Å². The first-order valence-corrected chi connectivity index (χ1v) is 6.92. The van der Waals surface area contributed by atoms with Crippen molar-refractivity contribution in [3.05, 3.63) is 22.7 Å². The van der Waals surface area contributed by atoms with Crippen LogP contribution in [0.25, 0.3) is 11.0 Å². The standard InChI is InChI=1S/C13H18BrN3O/c1-18-8-4-2-3-7-17-12-6-5-10(14)9-11(12)16-13(17)15/h5-6,9H,2-4,7-8H2,1H3,(H2,15,16). The number of anilines is 1. The van der Waals surface area contributed by atoms with Crippen LogP contribution in [0.1, 0.15) is 19.3 Å². The van der Waals surface area contributed by atoms with Crippen molar-refractivity contribution in [2.45, 2.75) is 25.8 Å². The number of benzene rings is 1. The lowest BCUT2D eigenvalue weighted by molar-refractivity contribution is 0.191. The van der Waals surface area contributed by atoms with E-state index in [0.717, 1.165) is 47.9 Å². The Morgan fingerprint density at radius 1 is 1.33 bits per heavy atom. The molecule has 0 radical (unpaired) electrons. The Labute approximate surface area is 115 Å². The lowest BCUT2D eigenvalue weighted by Gasteiger charge is -2.06. The van der Waals surface area contributed by atoms with Crippen LogP contribution in [0, 0.1) is 0 Å². The van der Waals surface area contributed by atoms with Crippen molar-refractivity contribution in [3.8, 4) is 0 Å². The monoisotopic (exact) mass is 311 g/mol. The fraction of sp³-hybridized carbons (Fsp3) is 0.462. The normalized spacial score (nSPS) is 11.2. The van der Waals surface area contributed by atoms with E-state index in [0.29, 0.717) is 5.95 Å². The summed E-state index contributed by atoms with van der Waals surface area (Å²) in [6.45, 7) is 1.74. The van der Waals surface area contributed by atoms with Crippen molar-refractivity contribution in [3.63, 3.8) is 0 Å². The molecule has 0 bridgehead atoms. The van der Waals surface area contributed by atoms with Crippen LogP contribution in [-0.2, 0) is 11.3 Å². The first-order valence-electron chi connectivity index (χ1n) is 6.12. The van der Waals surface area contributed by atoms with E-state index in [4.69, 9.17) is 10.5 Å². The van der Waals surface area contributed by atoms with Crippen molar-refractivity contribution >= 4 is 32.9 Å². The van der Waals surface area contributed by atoms with Gasteiger partial charge in [0, 0.05) is 24.7 Å². The molecule has 18 heavy (non-hydrogen) atoms. The van der Waals surface area contributed by atoms with Crippen LogP contribution >= 0.6 is 15.9 Å². The molecule has 1 aromatic carbocycles. The van der Waals surface area contributed by atoms with Crippen LogP contribution < -0.4 is 5.73 Å². The number of rotatable bonds is 6. The molecule has 0 aliphatic carbocycles. The van der Waals surface area contributed by atoms with E-state index in [1.54, 1.807) is 7.11 Å². The van der Waals surface area contributed by atoms with Gasteiger partial charge in [-0.15, -0.1) is 0 Å². The van der Waals surface area contributed by atoms with Gasteiger partial charge >= 0.3 is 0 Å². The summed E-state index contributed by atoms with van der Waals surface area (Å²) in [5.74, 6) is 0.592. The van der Waals surface area contributed by atoms with E-state index in [2.05, 4.69) is 31.5 Å². The molecule has 0 spiro atoms. The Balaban J connectivity index is 2.05. The Kier molecular flexibility index (Phi) is 4.60. The molecule has 0 unspecified atom stereocenters. The number of nitrogens with two attached hydrogens (primary N) is 1. The van der Waals surface area contributed by atoms with Gasteiger partial charge in [-0.25, -0.2) is 4.98 Å². The number of ether oxygens (including phenoxy) is 1. The van der Waals surface area contributed by atoms with Crippen molar-refractivity contribution in [2.75, 3.05) is 19.5 Å². The second kappa shape index (κ2) is 6.20. The molecule has 4 nitrogen and oxygen atoms in total. The van der Waals surface area contributed by atoms with E-state index >= 15 is 0 Å². The van der Waals surface area contributed by atoms with Crippen LogP contribution in [0.4, 0.5) is 5.95 Å². The van der Waals surface area contributed by atoms with Gasteiger partial charge in [0.05, 0.1) is 11.0 Å². The maximum absolute atomic E-state index is 5.96. The van der Waals surface area contributed by atoms with Gasteiger partial charge in [0.25, 0.3) is 0 Å². The van der Waals surface area contributed by atoms with E-state index in [1.165, 1.54) is 0 Å². The number of aryl methyl sites for hydroxylation is 1. The number of nitrogen functional groups attached to an aromatic ring is 1. The van der Waals surface area contributed by atoms with Gasteiger partial charge in [-0.3, -0.25) is 0 Å². The molecule has 0 aliphatic heterocycles. The largest absolute Gasteiger partial charge is 0.385 e. The number of fused-ring (bicyclic) bond motifs is 1. The number of nitrogens with zero attached hydrogens (tertiary/aromatic N) is 2. The number of hydrogen-bond donors (Lipinski definition) is 1. The predicted molar refractivity (Wildman–Crippen MR) is 77.6 cm³/mol. The summed E-state index contributed by atoms with van der Waals surface area (Å²) in [7, 11) is 1.74. The second-order valence-electron chi connectivity index (χ2n) is 4.31. The van der Waals surface area contributed by atoms with E-state index in [9.17, 15) is 0 Å². The lowest BCUT2D eigenvalue weighted by Crippen LogP contribution is -2.03. The zero-order chi connectivity index (χ0) is 13.0. The SMILES string of the molecule is COCCCCCn1c(N)nc2cc(Br)ccc21. The molecule has 0 aliphatic rings. The van der Waals surface area contributed by atoms with Crippen molar-refractivity contribution in [1.29, 1.82) is 0 Å². The Bertz CT molecular complexity index is 524. The number of aromatic nitrogens is 2. The number of unbranched alkanes of at least 4 members (excludes halogenated alkanes) is 2. The third kappa shape index (κ3) is 3.03. The van der Waals surface area contributed by atoms with Crippen molar-refractivity contribution in [2.24, 2.45) is 0 Å². The van der Waals surface area contributed by atoms with E-state index < -0.39 is 0 Å². The summed E-state index contributed by atoms with van der Waals surface area (Å²) in [6.07, 6.45) is 3.33. The Hall–Kier alpha value is -1.07. The number of halogens is 1. The molecule has 0 atom stereocenters. The summed E-state index contributed by atoms with van der Waals surface area (Å²) in [4.78, 5) is 4.38. The minimum Gasteiger partial charge on any atom is -0.385 e. The van der Waals surface area contributed by atoms with E-state index in [1.807, 2.05) is 12.1 Å². The molecule has 1 heterocycles. The summed E-state index contributed by atoms with van der Waals surface area (Å²) >= 11 is 3.44. The maximum Gasteiger partial charge on any atom is 0.201 e. The molecule has 2 aromatic rings. The molecule has 0 fully saturated rings. The fourth-order valence-corrected chi connectivity index (χ4v) is 2.40. The van der Waals surface area contributed by atoms with Crippen LogP contribution in [0.3, 0.4) is 0 Å². The van der Waals surface area contributed by atoms with Crippen molar-refractivity contribution < 1.29 is 4.74 Å². The van der Waals surface area contributed by atoms with Crippen LogP contribution in [0.5, 0.6) is 0 Å². The molecular formula is C13H18BrN3O. The molecule has 1 aromatic heterocycles. The van der Waals surface area contributed by atoms with Gasteiger partial charge in [-0.05, 0) is 37.5 Å². The van der Waals surface area contributed by atoms with Gasteiger partial charge < -0.3 is 15.0 Å². The highest BCUT2D eigenvalue weighted by Crippen LogP contribution is 2.22. The third-order valence-corrected chi connectivity index (χ3v) is 3.46. The molecule has 5 heteroatoms. The molecule has 98 valence electrons. The fourth-order valence-electron chi connectivity index (χ4n) is 2.05. The van der Waals surface area contributed by atoms with E-state index in [-0.39, 0.29) is 0 Å². The first kappa shape index (κ1) is 13.4. The predicted octanol–water partition coefficient (Wildman–Crippen LogP) is 3.20. The summed E-state index contributed by atoms with van der Waals surface area (Å²) in [6, 6.07) is 6.07. The number of imidazole rings is 1. The zero-order valence-electron chi connectivity index (χ0n) is 10.5. The van der Waals surface area contributed by atoms with Gasteiger partial charge in [-0.2, -0.15) is 0 Å². The topological polar surface area (TPSA) is 53.1 Å². The highest BCUT2D eigenvalue weighted by molar-refractivity contribution is 9.10. The minimum absolute atomic E-state index is 0.592. The molecule has 2 N–H and O–H groups in total. The lowest BCUT2D eigenvalue weighted by atomic mass is 10.2. The maximum atomic E-state index is 5.96. The molecule has 2 rings (SSSR count). The molecular weight excluding hydrogens is 294 g/mol. The average molecular weight is 312 g/mol. The third-order valence-electron chi connectivity index (χ3n) is 2.97. The highest BCUT2D eigenvalue weighted by Gasteiger charge is 2.07. The molecule has 0 amide bonds. The average Bonchev–Trinajstić information content (AvgIpc) is 2.64.